The summed E-state index contributed by atoms with van der Waals surface area (Å²) in [7, 11) is 0. The van der Waals surface area contributed by atoms with Crippen LogP contribution in [0.5, 0.6) is 0 Å². The van der Waals surface area contributed by atoms with Crippen LogP contribution in [-0.4, -0.2) is 6.21 Å². The average molecular weight is 313 g/mol. The molecule has 0 saturated heterocycles. The highest BCUT2D eigenvalue weighted by molar-refractivity contribution is 5.84. The molecule has 0 saturated carbocycles. The molecule has 3 rings (SSSR count). The van der Waals surface area contributed by atoms with Crippen LogP contribution in [0, 0.1) is 0 Å². The molecule has 0 aliphatic carbocycles. The number of nitrogens with zero attached hydrogens (tertiary/aromatic N) is 1. The van der Waals surface area contributed by atoms with Gasteiger partial charge in [0.05, 0.1) is 5.69 Å². The molecule has 0 amide bonds. The summed E-state index contributed by atoms with van der Waals surface area (Å²) in [5.41, 5.74) is 7.36. The van der Waals surface area contributed by atoms with Gasteiger partial charge in [-0.25, -0.2) is 0 Å². The molecule has 0 atom stereocenters. The Balaban J connectivity index is 1.86. The Kier molecular flexibility index (Phi) is 5.22. The van der Waals surface area contributed by atoms with Crippen LogP contribution in [0.2, 0.25) is 0 Å². The first-order valence-corrected chi connectivity index (χ1v) is 8.62. The zero-order valence-electron chi connectivity index (χ0n) is 14.4. The molecule has 0 spiro atoms. The molecule has 120 valence electrons. The van der Waals surface area contributed by atoms with Gasteiger partial charge in [-0.2, -0.15) is 0 Å². The molecule has 0 aliphatic rings. The number of hydrogen-bond donors (Lipinski definition) is 0. The maximum atomic E-state index is 4.80. The summed E-state index contributed by atoms with van der Waals surface area (Å²) in [6.07, 6.45) is 3.99. The monoisotopic (exact) mass is 313 g/mol. The van der Waals surface area contributed by atoms with Crippen molar-refractivity contribution in [1.82, 2.24) is 0 Å². The molecule has 3 aromatic rings. The molecule has 0 aliphatic heterocycles. The third-order valence-electron chi connectivity index (χ3n) is 4.33. The van der Waals surface area contributed by atoms with Crippen LogP contribution in [0.1, 0.15) is 30.5 Å². The summed E-state index contributed by atoms with van der Waals surface area (Å²) in [6.45, 7) is 4.37. The maximum Gasteiger partial charge on any atom is 0.0693 e. The fourth-order valence-corrected chi connectivity index (χ4v) is 2.91. The van der Waals surface area contributed by atoms with Crippen molar-refractivity contribution in [3.8, 4) is 11.1 Å². The highest BCUT2D eigenvalue weighted by atomic mass is 14.7. The van der Waals surface area contributed by atoms with Crippen LogP contribution >= 0.6 is 0 Å². The van der Waals surface area contributed by atoms with E-state index in [0.717, 1.165) is 24.1 Å². The predicted octanol–water partition coefficient (Wildman–Crippen LogP) is 6.23. The Hall–Kier alpha value is -2.67. The molecule has 0 bridgehead atoms. The second-order valence-corrected chi connectivity index (χ2v) is 5.88. The molecular weight excluding hydrogens is 290 g/mol. The van der Waals surface area contributed by atoms with Crippen molar-refractivity contribution < 1.29 is 0 Å². The van der Waals surface area contributed by atoms with E-state index < -0.39 is 0 Å². The van der Waals surface area contributed by atoms with Gasteiger partial charge in [0.2, 0.25) is 0 Å². The molecule has 0 fully saturated rings. The van der Waals surface area contributed by atoms with E-state index in [2.05, 4.69) is 80.6 Å². The third kappa shape index (κ3) is 3.62. The minimum atomic E-state index is 1.01. The normalized spacial score (nSPS) is 11.1. The second-order valence-electron chi connectivity index (χ2n) is 5.88. The van der Waals surface area contributed by atoms with Gasteiger partial charge in [-0.3, -0.25) is 4.99 Å². The number of para-hydroxylation sites is 1. The van der Waals surface area contributed by atoms with Gasteiger partial charge in [-0.15, -0.1) is 0 Å². The zero-order valence-corrected chi connectivity index (χ0v) is 14.4. The Morgan fingerprint density at radius 2 is 1.25 bits per heavy atom. The largest absolute Gasteiger partial charge is 0.256 e. The van der Waals surface area contributed by atoms with Crippen LogP contribution in [0.25, 0.3) is 11.1 Å². The molecule has 1 heteroatoms. The van der Waals surface area contributed by atoms with E-state index in [1.165, 1.54) is 22.3 Å². The molecule has 3 aromatic carbocycles. The quantitative estimate of drug-likeness (QED) is 0.495. The molecule has 0 N–H and O–H groups in total. The SMILES string of the molecule is CCc1cccc(CC)c1N=Cc1ccc(-c2ccccc2)cc1. The van der Waals surface area contributed by atoms with E-state index in [0.29, 0.717) is 0 Å². The second kappa shape index (κ2) is 7.74. The van der Waals surface area contributed by atoms with E-state index in [4.69, 9.17) is 4.99 Å². The smallest absolute Gasteiger partial charge is 0.0693 e. The van der Waals surface area contributed by atoms with Crippen molar-refractivity contribution in [1.29, 1.82) is 0 Å². The summed E-state index contributed by atoms with van der Waals surface area (Å²) < 4.78 is 0. The molecule has 1 nitrogen and oxygen atoms in total. The summed E-state index contributed by atoms with van der Waals surface area (Å²) in [6, 6.07) is 25.5. The summed E-state index contributed by atoms with van der Waals surface area (Å²) >= 11 is 0. The highest BCUT2D eigenvalue weighted by Gasteiger charge is 2.04. The van der Waals surface area contributed by atoms with Gasteiger partial charge in [-0.05, 0) is 40.7 Å². The number of benzene rings is 3. The lowest BCUT2D eigenvalue weighted by molar-refractivity contribution is 1.08. The summed E-state index contributed by atoms with van der Waals surface area (Å²) in [4.78, 5) is 4.80. The number of rotatable bonds is 5. The Bertz CT molecular complexity index is 792. The number of aliphatic imine (C=N–C) groups is 1. The Morgan fingerprint density at radius 3 is 1.83 bits per heavy atom. The van der Waals surface area contributed by atoms with Crippen LogP contribution in [0.15, 0.2) is 77.8 Å². The van der Waals surface area contributed by atoms with Gasteiger partial charge in [0.1, 0.15) is 0 Å². The van der Waals surface area contributed by atoms with Gasteiger partial charge in [-0.1, -0.05) is 86.6 Å². The van der Waals surface area contributed by atoms with E-state index in [1.54, 1.807) is 0 Å². The van der Waals surface area contributed by atoms with Crippen LogP contribution < -0.4 is 0 Å². The fraction of sp³-hybridized carbons (Fsp3) is 0.174. The van der Waals surface area contributed by atoms with Gasteiger partial charge < -0.3 is 0 Å². The lowest BCUT2D eigenvalue weighted by atomic mass is 10.0. The van der Waals surface area contributed by atoms with Crippen molar-refractivity contribution in [3.63, 3.8) is 0 Å². The first kappa shape index (κ1) is 16.2. The van der Waals surface area contributed by atoms with Crippen LogP contribution in [0.4, 0.5) is 5.69 Å². The van der Waals surface area contributed by atoms with Crippen LogP contribution in [0.3, 0.4) is 0 Å². The molecule has 0 heterocycles. The topological polar surface area (TPSA) is 12.4 Å². The molecule has 24 heavy (non-hydrogen) atoms. The van der Waals surface area contributed by atoms with Crippen molar-refractivity contribution in [3.05, 3.63) is 89.5 Å². The van der Waals surface area contributed by atoms with Crippen molar-refractivity contribution in [2.24, 2.45) is 4.99 Å². The van der Waals surface area contributed by atoms with E-state index in [1.807, 2.05) is 12.3 Å². The first-order chi connectivity index (χ1) is 11.8. The van der Waals surface area contributed by atoms with Gasteiger partial charge in [0.15, 0.2) is 0 Å². The summed E-state index contributed by atoms with van der Waals surface area (Å²) in [5, 5.41) is 0. The average Bonchev–Trinajstić information content (AvgIpc) is 2.67. The molecule has 0 aromatic heterocycles. The van der Waals surface area contributed by atoms with Crippen molar-refractivity contribution in [2.45, 2.75) is 26.7 Å². The van der Waals surface area contributed by atoms with Gasteiger partial charge in [0, 0.05) is 6.21 Å². The van der Waals surface area contributed by atoms with Gasteiger partial charge >= 0.3 is 0 Å². The predicted molar refractivity (Wildman–Crippen MR) is 104 cm³/mol. The fourth-order valence-electron chi connectivity index (χ4n) is 2.91. The number of aryl methyl sites for hydroxylation is 2. The van der Waals surface area contributed by atoms with Gasteiger partial charge in [0.25, 0.3) is 0 Å². The lowest BCUT2D eigenvalue weighted by Gasteiger charge is -2.08. The van der Waals surface area contributed by atoms with E-state index in [9.17, 15) is 0 Å². The minimum Gasteiger partial charge on any atom is -0.256 e. The molecular formula is C23H23N. The minimum absolute atomic E-state index is 1.01. The molecule has 0 radical (unpaired) electrons. The summed E-state index contributed by atoms with van der Waals surface area (Å²) in [5.74, 6) is 0. The zero-order chi connectivity index (χ0) is 16.8. The number of hydrogen-bond acceptors (Lipinski definition) is 1. The van der Waals surface area contributed by atoms with E-state index >= 15 is 0 Å². The van der Waals surface area contributed by atoms with Crippen molar-refractivity contribution in [2.75, 3.05) is 0 Å². The van der Waals surface area contributed by atoms with Crippen molar-refractivity contribution >= 4 is 11.9 Å². The standard InChI is InChI=1S/C23H23N/c1-3-19-11-8-12-20(4-2)23(19)24-17-18-13-15-22(16-14-18)21-9-6-5-7-10-21/h5-17H,3-4H2,1-2H3. The lowest BCUT2D eigenvalue weighted by Crippen LogP contribution is -1.89. The van der Waals surface area contributed by atoms with Crippen LogP contribution in [-0.2, 0) is 12.8 Å². The molecule has 0 unspecified atom stereocenters. The van der Waals surface area contributed by atoms with E-state index in [-0.39, 0.29) is 0 Å². The first-order valence-electron chi connectivity index (χ1n) is 8.62. The highest BCUT2D eigenvalue weighted by Crippen LogP contribution is 2.26. The Labute approximate surface area is 144 Å². The maximum absolute atomic E-state index is 4.80. The third-order valence-corrected chi connectivity index (χ3v) is 4.33. The Morgan fingerprint density at radius 1 is 0.667 bits per heavy atom.